The van der Waals surface area contributed by atoms with Gasteiger partial charge in [-0.2, -0.15) is 0 Å². The molecule has 3 N–H and O–H groups in total. The monoisotopic (exact) mass is 242 g/mol. The van der Waals surface area contributed by atoms with Gasteiger partial charge in [-0.3, -0.25) is 0 Å². The van der Waals surface area contributed by atoms with Crippen LogP contribution in [0.3, 0.4) is 0 Å². The van der Waals surface area contributed by atoms with Crippen molar-refractivity contribution in [1.82, 2.24) is 0 Å². The fourth-order valence-corrected chi connectivity index (χ4v) is 1.73. The molecule has 0 spiro atoms. The maximum atomic E-state index is 10.1. The van der Waals surface area contributed by atoms with Gasteiger partial charge in [-0.25, -0.2) is 0 Å². The van der Waals surface area contributed by atoms with Gasteiger partial charge < -0.3 is 15.3 Å². The molecule has 0 aromatic rings. The van der Waals surface area contributed by atoms with Crippen LogP contribution in [0, 0.1) is 5.92 Å². The summed E-state index contributed by atoms with van der Waals surface area (Å²) in [5, 5.41) is 29.0. The molecule has 0 fully saturated rings. The lowest BCUT2D eigenvalue weighted by molar-refractivity contribution is -0.0209. The SMILES string of the molecule is C=C[C@H](CO)[C@H](O)C[C@@](C)(O)CCC=C(C)C. The van der Waals surface area contributed by atoms with Gasteiger partial charge in [0.2, 0.25) is 0 Å². The smallest absolute Gasteiger partial charge is 0.0652 e. The Morgan fingerprint density at radius 2 is 2.00 bits per heavy atom. The lowest BCUT2D eigenvalue weighted by Gasteiger charge is -2.28. The molecule has 0 aliphatic carbocycles. The average Bonchev–Trinajstić information content (AvgIpc) is 2.17. The Hall–Kier alpha value is -0.640. The molecule has 3 nitrogen and oxygen atoms in total. The number of hydrogen-bond donors (Lipinski definition) is 3. The quantitative estimate of drug-likeness (QED) is 0.571. The van der Waals surface area contributed by atoms with Crippen molar-refractivity contribution in [3.05, 3.63) is 24.3 Å². The van der Waals surface area contributed by atoms with Crippen LogP contribution >= 0.6 is 0 Å². The average molecular weight is 242 g/mol. The summed E-state index contributed by atoms with van der Waals surface area (Å²) in [6.45, 7) is 9.16. The van der Waals surface area contributed by atoms with E-state index in [2.05, 4.69) is 12.7 Å². The first-order valence-corrected chi connectivity index (χ1v) is 6.09. The summed E-state index contributed by atoms with van der Waals surface area (Å²) < 4.78 is 0. The second-order valence-electron chi connectivity index (χ2n) is 5.17. The van der Waals surface area contributed by atoms with Crippen molar-refractivity contribution < 1.29 is 15.3 Å². The molecule has 0 saturated heterocycles. The van der Waals surface area contributed by atoms with Crippen LogP contribution in [0.15, 0.2) is 24.3 Å². The Morgan fingerprint density at radius 3 is 2.41 bits per heavy atom. The van der Waals surface area contributed by atoms with Gasteiger partial charge >= 0.3 is 0 Å². The zero-order chi connectivity index (χ0) is 13.5. The van der Waals surface area contributed by atoms with Crippen molar-refractivity contribution in [2.45, 2.75) is 51.7 Å². The van der Waals surface area contributed by atoms with E-state index in [9.17, 15) is 10.2 Å². The van der Waals surface area contributed by atoms with Crippen molar-refractivity contribution in [3.8, 4) is 0 Å². The summed E-state index contributed by atoms with van der Waals surface area (Å²) in [6.07, 6.45) is 4.49. The van der Waals surface area contributed by atoms with E-state index in [4.69, 9.17) is 5.11 Å². The molecule has 17 heavy (non-hydrogen) atoms. The Bertz CT molecular complexity index is 252. The van der Waals surface area contributed by atoms with Gasteiger partial charge in [0.05, 0.1) is 18.3 Å². The van der Waals surface area contributed by atoms with Crippen molar-refractivity contribution in [1.29, 1.82) is 0 Å². The molecule has 0 aromatic carbocycles. The zero-order valence-corrected chi connectivity index (χ0v) is 11.2. The summed E-state index contributed by atoms with van der Waals surface area (Å²) in [5.74, 6) is -0.370. The normalized spacial score (nSPS) is 18.0. The number of hydrogen-bond acceptors (Lipinski definition) is 3. The van der Waals surface area contributed by atoms with Crippen LogP contribution in [0.4, 0.5) is 0 Å². The van der Waals surface area contributed by atoms with Gasteiger partial charge in [0.1, 0.15) is 0 Å². The van der Waals surface area contributed by atoms with E-state index in [0.717, 1.165) is 6.42 Å². The first-order chi connectivity index (χ1) is 7.82. The van der Waals surface area contributed by atoms with Gasteiger partial charge in [0.15, 0.2) is 0 Å². The van der Waals surface area contributed by atoms with Crippen molar-refractivity contribution >= 4 is 0 Å². The highest BCUT2D eigenvalue weighted by Crippen LogP contribution is 2.23. The topological polar surface area (TPSA) is 60.7 Å². The Balaban J connectivity index is 4.23. The summed E-state index contributed by atoms with van der Waals surface area (Å²) in [5.41, 5.74) is 0.308. The molecule has 0 aliphatic rings. The highest BCUT2D eigenvalue weighted by molar-refractivity contribution is 4.95. The Labute approximate surface area is 104 Å². The van der Waals surface area contributed by atoms with E-state index >= 15 is 0 Å². The maximum absolute atomic E-state index is 10.1. The van der Waals surface area contributed by atoms with E-state index < -0.39 is 11.7 Å². The van der Waals surface area contributed by atoms with Crippen LogP contribution in [0.5, 0.6) is 0 Å². The molecular weight excluding hydrogens is 216 g/mol. The van der Waals surface area contributed by atoms with Crippen LogP contribution in [-0.4, -0.2) is 33.6 Å². The third kappa shape index (κ3) is 7.31. The van der Waals surface area contributed by atoms with Gasteiger partial charge in [0, 0.05) is 12.3 Å². The minimum Gasteiger partial charge on any atom is -0.396 e. The van der Waals surface area contributed by atoms with Gasteiger partial charge in [-0.05, 0) is 33.6 Å². The molecule has 0 saturated carbocycles. The largest absolute Gasteiger partial charge is 0.396 e. The standard InChI is InChI=1S/C14H26O3/c1-5-12(10-15)13(16)9-14(4,17)8-6-7-11(2)3/h5,7,12-13,15-17H,1,6,8-10H2,2-4H3/t12-,13-,14+/m1/s1. The third-order valence-corrected chi connectivity index (χ3v) is 2.89. The van der Waals surface area contributed by atoms with Crippen LogP contribution < -0.4 is 0 Å². The van der Waals surface area contributed by atoms with Crippen molar-refractivity contribution in [3.63, 3.8) is 0 Å². The van der Waals surface area contributed by atoms with Crippen LogP contribution in [0.1, 0.15) is 40.0 Å². The number of aliphatic hydroxyl groups is 3. The Kier molecular flexibility index (Phi) is 7.35. The minimum atomic E-state index is -0.915. The fourth-order valence-electron chi connectivity index (χ4n) is 1.73. The van der Waals surface area contributed by atoms with E-state index in [1.807, 2.05) is 13.8 Å². The van der Waals surface area contributed by atoms with Crippen LogP contribution in [-0.2, 0) is 0 Å². The lowest BCUT2D eigenvalue weighted by atomic mass is 9.88. The molecular formula is C14H26O3. The zero-order valence-electron chi connectivity index (χ0n) is 11.2. The molecule has 0 radical (unpaired) electrons. The maximum Gasteiger partial charge on any atom is 0.0652 e. The van der Waals surface area contributed by atoms with Gasteiger partial charge in [-0.1, -0.05) is 17.7 Å². The molecule has 0 rings (SSSR count). The van der Waals surface area contributed by atoms with Crippen molar-refractivity contribution in [2.75, 3.05) is 6.61 Å². The molecule has 3 atom stereocenters. The van der Waals surface area contributed by atoms with E-state index in [-0.39, 0.29) is 18.9 Å². The summed E-state index contributed by atoms with van der Waals surface area (Å²) >= 11 is 0. The highest BCUT2D eigenvalue weighted by atomic mass is 16.3. The molecule has 0 bridgehead atoms. The second-order valence-corrected chi connectivity index (χ2v) is 5.17. The highest BCUT2D eigenvalue weighted by Gasteiger charge is 2.27. The third-order valence-electron chi connectivity index (χ3n) is 2.89. The summed E-state index contributed by atoms with van der Waals surface area (Å²) in [4.78, 5) is 0. The second kappa shape index (κ2) is 7.64. The minimum absolute atomic E-state index is 0.144. The molecule has 100 valence electrons. The summed E-state index contributed by atoms with van der Waals surface area (Å²) in [6, 6.07) is 0. The molecule has 0 unspecified atom stereocenters. The molecule has 0 aliphatic heterocycles. The number of allylic oxidation sites excluding steroid dienone is 2. The molecule has 0 amide bonds. The van der Waals surface area contributed by atoms with Gasteiger partial charge in [-0.15, -0.1) is 6.58 Å². The van der Waals surface area contributed by atoms with Crippen LogP contribution in [0.2, 0.25) is 0 Å². The van der Waals surface area contributed by atoms with Crippen LogP contribution in [0.25, 0.3) is 0 Å². The fraction of sp³-hybridized carbons (Fsp3) is 0.714. The number of aliphatic hydroxyl groups excluding tert-OH is 2. The predicted molar refractivity (Wildman–Crippen MR) is 70.7 cm³/mol. The summed E-state index contributed by atoms with van der Waals surface area (Å²) in [7, 11) is 0. The molecule has 3 heteroatoms. The number of rotatable bonds is 8. The molecule has 0 aromatic heterocycles. The Morgan fingerprint density at radius 1 is 1.41 bits per heavy atom. The first kappa shape index (κ1) is 16.4. The van der Waals surface area contributed by atoms with E-state index in [0.29, 0.717) is 6.42 Å². The predicted octanol–water partition coefficient (Wildman–Crippen LogP) is 2.03. The van der Waals surface area contributed by atoms with Crippen molar-refractivity contribution in [2.24, 2.45) is 5.92 Å². The van der Waals surface area contributed by atoms with E-state index in [1.54, 1.807) is 6.92 Å². The molecule has 0 heterocycles. The van der Waals surface area contributed by atoms with Gasteiger partial charge in [0.25, 0.3) is 0 Å². The first-order valence-electron chi connectivity index (χ1n) is 6.09. The van der Waals surface area contributed by atoms with E-state index in [1.165, 1.54) is 11.6 Å². The lowest BCUT2D eigenvalue weighted by Crippen LogP contribution is -2.34.